The zero-order valence-electron chi connectivity index (χ0n) is 12.1. The second kappa shape index (κ2) is 5.86. The number of hydrogen-bond acceptors (Lipinski definition) is 4. The molecule has 0 radical (unpaired) electrons. The molecule has 2 heterocycles. The van der Waals surface area contributed by atoms with Crippen LogP contribution >= 0.6 is 0 Å². The molecule has 2 aliphatic rings. The lowest BCUT2D eigenvalue weighted by molar-refractivity contribution is 0.0540. The Hall–Kier alpha value is -0.875. The van der Waals surface area contributed by atoms with Gasteiger partial charge in [0.05, 0.1) is 0 Å². The lowest BCUT2D eigenvalue weighted by Gasteiger charge is -2.42. The predicted octanol–water partition coefficient (Wildman–Crippen LogP) is 0.0349. The van der Waals surface area contributed by atoms with Gasteiger partial charge in [0.1, 0.15) is 0 Å². The van der Waals surface area contributed by atoms with Crippen molar-refractivity contribution < 1.29 is 10.0 Å². The molecule has 0 saturated carbocycles. The van der Waals surface area contributed by atoms with Gasteiger partial charge in [0.15, 0.2) is 0 Å². The summed E-state index contributed by atoms with van der Waals surface area (Å²) in [5, 5.41) is 18.2. The lowest BCUT2D eigenvalue weighted by Crippen LogP contribution is -2.54. The molecule has 0 aliphatic carbocycles. The molecule has 2 unspecified atom stereocenters. The first kappa shape index (κ1) is 14.1. The van der Waals surface area contributed by atoms with Crippen LogP contribution in [0.5, 0.6) is 0 Å². The molecule has 0 aromatic heterocycles. The van der Waals surface area contributed by atoms with Crippen molar-refractivity contribution in [3.63, 3.8) is 0 Å². The maximum Gasteiger partial charge on any atom is 0.488 e. The Bertz CT molecular complexity index is 452. The molecular formula is C15H23BN2O2. The lowest BCUT2D eigenvalue weighted by atomic mass is 9.80. The van der Waals surface area contributed by atoms with E-state index in [-0.39, 0.29) is 0 Å². The van der Waals surface area contributed by atoms with Gasteiger partial charge in [-0.3, -0.25) is 9.80 Å². The van der Waals surface area contributed by atoms with Gasteiger partial charge in [0.25, 0.3) is 0 Å². The van der Waals surface area contributed by atoms with Crippen molar-refractivity contribution in [2.75, 3.05) is 19.6 Å². The Labute approximate surface area is 121 Å². The molecule has 1 aromatic rings. The van der Waals surface area contributed by atoms with E-state index in [2.05, 4.69) is 16.7 Å². The molecule has 2 saturated heterocycles. The fourth-order valence-electron chi connectivity index (χ4n) is 3.50. The van der Waals surface area contributed by atoms with Gasteiger partial charge in [0, 0.05) is 31.7 Å². The SMILES string of the molecule is CC1CN2CCCC2CN1Cc1ccc(B(O)O)cc1. The Morgan fingerprint density at radius 2 is 1.95 bits per heavy atom. The Morgan fingerprint density at radius 1 is 1.20 bits per heavy atom. The molecule has 0 amide bonds. The number of rotatable bonds is 3. The van der Waals surface area contributed by atoms with E-state index in [1.165, 1.54) is 31.5 Å². The maximum absolute atomic E-state index is 9.12. The summed E-state index contributed by atoms with van der Waals surface area (Å²) >= 11 is 0. The molecule has 0 bridgehead atoms. The number of piperazine rings is 1. The smallest absolute Gasteiger partial charge is 0.423 e. The third kappa shape index (κ3) is 2.91. The van der Waals surface area contributed by atoms with Crippen LogP contribution in [0.15, 0.2) is 24.3 Å². The van der Waals surface area contributed by atoms with E-state index >= 15 is 0 Å². The predicted molar refractivity (Wildman–Crippen MR) is 80.7 cm³/mol. The minimum atomic E-state index is -1.37. The van der Waals surface area contributed by atoms with Crippen molar-refractivity contribution in [3.8, 4) is 0 Å². The zero-order valence-corrected chi connectivity index (χ0v) is 12.1. The number of fused-ring (bicyclic) bond motifs is 1. The highest BCUT2D eigenvalue weighted by Crippen LogP contribution is 2.25. The maximum atomic E-state index is 9.12. The van der Waals surface area contributed by atoms with Gasteiger partial charge in [-0.05, 0) is 37.3 Å². The monoisotopic (exact) mass is 274 g/mol. The van der Waals surface area contributed by atoms with E-state index in [1.807, 2.05) is 12.1 Å². The van der Waals surface area contributed by atoms with Crippen molar-refractivity contribution in [2.45, 2.75) is 38.4 Å². The van der Waals surface area contributed by atoms with Gasteiger partial charge in [-0.1, -0.05) is 24.3 Å². The van der Waals surface area contributed by atoms with Crippen LogP contribution in [-0.2, 0) is 6.54 Å². The zero-order chi connectivity index (χ0) is 14.1. The largest absolute Gasteiger partial charge is 0.488 e. The molecule has 1 aromatic carbocycles. The normalized spacial score (nSPS) is 27.6. The highest BCUT2D eigenvalue weighted by molar-refractivity contribution is 6.58. The van der Waals surface area contributed by atoms with Gasteiger partial charge in [0.2, 0.25) is 0 Å². The minimum Gasteiger partial charge on any atom is -0.423 e. The fraction of sp³-hybridized carbons (Fsp3) is 0.600. The van der Waals surface area contributed by atoms with Crippen LogP contribution in [0.25, 0.3) is 0 Å². The highest BCUT2D eigenvalue weighted by Gasteiger charge is 2.34. The molecule has 0 spiro atoms. The van der Waals surface area contributed by atoms with Crippen LogP contribution in [-0.4, -0.2) is 58.7 Å². The highest BCUT2D eigenvalue weighted by atomic mass is 16.4. The standard InChI is InChI=1S/C15H23BN2O2/c1-12-9-17-8-2-3-15(17)11-18(12)10-13-4-6-14(7-5-13)16(19)20/h4-7,12,15,19-20H,2-3,8-11H2,1H3. The Kier molecular flexibility index (Phi) is 4.12. The van der Waals surface area contributed by atoms with Crippen molar-refractivity contribution in [1.29, 1.82) is 0 Å². The summed E-state index contributed by atoms with van der Waals surface area (Å²) in [7, 11) is -1.37. The van der Waals surface area contributed by atoms with Gasteiger partial charge in [-0.2, -0.15) is 0 Å². The van der Waals surface area contributed by atoms with Crippen LogP contribution in [0.1, 0.15) is 25.3 Å². The third-order valence-electron chi connectivity index (χ3n) is 4.73. The van der Waals surface area contributed by atoms with Crippen molar-refractivity contribution in [2.24, 2.45) is 0 Å². The van der Waals surface area contributed by atoms with E-state index in [9.17, 15) is 0 Å². The Balaban J connectivity index is 1.64. The molecule has 108 valence electrons. The number of benzene rings is 1. The van der Waals surface area contributed by atoms with Crippen molar-refractivity contribution in [3.05, 3.63) is 29.8 Å². The summed E-state index contributed by atoms with van der Waals surface area (Å²) in [6.07, 6.45) is 2.67. The first-order valence-electron chi connectivity index (χ1n) is 7.56. The van der Waals surface area contributed by atoms with E-state index in [0.29, 0.717) is 11.5 Å². The molecule has 2 N–H and O–H groups in total. The molecule has 2 fully saturated rings. The summed E-state index contributed by atoms with van der Waals surface area (Å²) in [6.45, 7) is 6.86. The summed E-state index contributed by atoms with van der Waals surface area (Å²) < 4.78 is 0. The van der Waals surface area contributed by atoms with Crippen molar-refractivity contribution >= 4 is 12.6 Å². The third-order valence-corrected chi connectivity index (χ3v) is 4.73. The van der Waals surface area contributed by atoms with E-state index in [0.717, 1.165) is 19.1 Å². The van der Waals surface area contributed by atoms with Gasteiger partial charge < -0.3 is 10.0 Å². The van der Waals surface area contributed by atoms with E-state index in [1.54, 1.807) is 12.1 Å². The molecule has 2 atom stereocenters. The topological polar surface area (TPSA) is 46.9 Å². The van der Waals surface area contributed by atoms with Crippen molar-refractivity contribution in [1.82, 2.24) is 9.80 Å². The van der Waals surface area contributed by atoms with Gasteiger partial charge in [-0.15, -0.1) is 0 Å². The summed E-state index contributed by atoms with van der Waals surface area (Å²) in [4.78, 5) is 5.18. The van der Waals surface area contributed by atoms with Crippen LogP contribution < -0.4 is 5.46 Å². The Morgan fingerprint density at radius 3 is 2.65 bits per heavy atom. The quantitative estimate of drug-likeness (QED) is 0.764. The second-order valence-electron chi connectivity index (χ2n) is 6.18. The summed E-state index contributed by atoms with van der Waals surface area (Å²) in [5.41, 5.74) is 1.80. The molecule has 5 heteroatoms. The first-order chi connectivity index (χ1) is 9.63. The van der Waals surface area contributed by atoms with E-state index < -0.39 is 7.12 Å². The van der Waals surface area contributed by atoms with Crippen LogP contribution in [0.4, 0.5) is 0 Å². The molecule has 2 aliphatic heterocycles. The average molecular weight is 274 g/mol. The number of hydrogen-bond donors (Lipinski definition) is 2. The van der Waals surface area contributed by atoms with Gasteiger partial charge >= 0.3 is 7.12 Å². The molecular weight excluding hydrogens is 251 g/mol. The summed E-state index contributed by atoms with van der Waals surface area (Å²) in [6, 6.07) is 8.94. The molecule has 3 rings (SSSR count). The molecule has 20 heavy (non-hydrogen) atoms. The molecule has 4 nitrogen and oxygen atoms in total. The summed E-state index contributed by atoms with van der Waals surface area (Å²) in [5.74, 6) is 0. The van der Waals surface area contributed by atoms with Crippen LogP contribution in [0, 0.1) is 0 Å². The first-order valence-corrected chi connectivity index (χ1v) is 7.56. The second-order valence-corrected chi connectivity index (χ2v) is 6.18. The minimum absolute atomic E-state index is 0.558. The average Bonchev–Trinajstić information content (AvgIpc) is 2.87. The van der Waals surface area contributed by atoms with Gasteiger partial charge in [-0.25, -0.2) is 0 Å². The van der Waals surface area contributed by atoms with Crippen LogP contribution in [0.2, 0.25) is 0 Å². The number of nitrogens with zero attached hydrogens (tertiary/aromatic N) is 2. The van der Waals surface area contributed by atoms with E-state index in [4.69, 9.17) is 10.0 Å². The fourth-order valence-corrected chi connectivity index (χ4v) is 3.50. The van der Waals surface area contributed by atoms with Crippen LogP contribution in [0.3, 0.4) is 0 Å².